The van der Waals surface area contributed by atoms with E-state index in [0.29, 0.717) is 29.9 Å². The summed E-state index contributed by atoms with van der Waals surface area (Å²) < 4.78 is 25.5. The van der Waals surface area contributed by atoms with E-state index in [1.807, 2.05) is 0 Å². The van der Waals surface area contributed by atoms with Gasteiger partial charge in [0.05, 0.1) is 12.7 Å². The van der Waals surface area contributed by atoms with Crippen LogP contribution in [0.5, 0.6) is 11.5 Å². The molecule has 22 heavy (non-hydrogen) atoms. The van der Waals surface area contributed by atoms with Crippen molar-refractivity contribution in [1.29, 1.82) is 0 Å². The van der Waals surface area contributed by atoms with Gasteiger partial charge in [-0.1, -0.05) is 11.6 Å². The maximum atomic E-state index is 12.6. The van der Waals surface area contributed by atoms with E-state index < -0.39 is 6.67 Å². The molecule has 2 aromatic heterocycles. The Balaban J connectivity index is 1.87. The molecule has 2 aromatic rings. The van der Waals surface area contributed by atoms with Crippen molar-refractivity contribution in [2.24, 2.45) is 0 Å². The fraction of sp³-hybridized carbons (Fsp3) is 0.467. The van der Waals surface area contributed by atoms with Gasteiger partial charge in [0.1, 0.15) is 23.3 Å². The van der Waals surface area contributed by atoms with E-state index in [2.05, 4.69) is 10.1 Å². The summed E-state index contributed by atoms with van der Waals surface area (Å²) >= 11 is 5.88. The van der Waals surface area contributed by atoms with Crippen LogP contribution in [-0.2, 0) is 11.3 Å². The predicted molar refractivity (Wildman–Crippen MR) is 80.3 cm³/mol. The highest BCUT2D eigenvalue weighted by atomic mass is 35.5. The van der Waals surface area contributed by atoms with Crippen molar-refractivity contribution in [3.05, 3.63) is 35.4 Å². The zero-order valence-corrected chi connectivity index (χ0v) is 12.8. The number of rotatable bonds is 5. The summed E-state index contributed by atoms with van der Waals surface area (Å²) in [5.41, 5.74) is 0.852. The van der Waals surface area contributed by atoms with Crippen molar-refractivity contribution in [2.75, 3.05) is 19.9 Å². The van der Waals surface area contributed by atoms with Gasteiger partial charge in [-0.15, -0.1) is 0 Å². The third-order valence-corrected chi connectivity index (χ3v) is 3.81. The zero-order chi connectivity index (χ0) is 15.4. The summed E-state index contributed by atoms with van der Waals surface area (Å²) in [6.45, 7) is 1.18. The maximum absolute atomic E-state index is 12.6. The molecule has 0 amide bonds. The van der Waals surface area contributed by atoms with E-state index in [1.165, 1.54) is 0 Å². The lowest BCUT2D eigenvalue weighted by molar-refractivity contribution is 0.0839. The normalized spacial score (nSPS) is 15.9. The van der Waals surface area contributed by atoms with Gasteiger partial charge in [-0.25, -0.2) is 9.37 Å². The Bertz CT molecular complexity index is 629. The fourth-order valence-corrected chi connectivity index (χ4v) is 2.69. The molecule has 1 saturated heterocycles. The van der Waals surface area contributed by atoms with Gasteiger partial charge >= 0.3 is 0 Å². The Morgan fingerprint density at radius 3 is 2.95 bits per heavy atom. The van der Waals surface area contributed by atoms with Crippen LogP contribution >= 0.6 is 11.6 Å². The average molecular weight is 326 g/mol. The standard InChI is InChI=1S/C15H17ClFN3O2/c16-14-9-12(1-5-18-14)22-13-10-20(6-4-17)19-15(13)11-2-7-21-8-3-11/h1,5,9-11H,2-4,6-8H2. The second-order valence-electron chi connectivity index (χ2n) is 5.13. The molecule has 0 aliphatic carbocycles. The second-order valence-corrected chi connectivity index (χ2v) is 5.52. The molecule has 7 heteroatoms. The minimum Gasteiger partial charge on any atom is -0.454 e. The number of alkyl halides is 1. The van der Waals surface area contributed by atoms with Gasteiger partial charge in [0.2, 0.25) is 0 Å². The molecule has 0 radical (unpaired) electrons. The summed E-state index contributed by atoms with van der Waals surface area (Å²) in [6.07, 6.45) is 5.09. The first-order valence-corrected chi connectivity index (χ1v) is 7.64. The lowest BCUT2D eigenvalue weighted by atomic mass is 9.96. The van der Waals surface area contributed by atoms with Gasteiger partial charge in [0.25, 0.3) is 0 Å². The molecule has 5 nitrogen and oxygen atoms in total. The minimum absolute atomic E-state index is 0.219. The zero-order valence-electron chi connectivity index (χ0n) is 12.0. The van der Waals surface area contributed by atoms with Gasteiger partial charge in [-0.05, 0) is 18.9 Å². The molecule has 1 aliphatic rings. The maximum Gasteiger partial charge on any atom is 0.168 e. The van der Waals surface area contributed by atoms with Crippen molar-refractivity contribution in [1.82, 2.24) is 14.8 Å². The monoisotopic (exact) mass is 325 g/mol. The number of aryl methyl sites for hydroxylation is 1. The number of aromatic nitrogens is 3. The van der Waals surface area contributed by atoms with E-state index in [0.717, 1.165) is 18.5 Å². The van der Waals surface area contributed by atoms with Crippen LogP contribution < -0.4 is 4.74 Å². The summed E-state index contributed by atoms with van der Waals surface area (Å²) in [4.78, 5) is 3.93. The molecule has 1 aliphatic heterocycles. The highest BCUT2D eigenvalue weighted by Gasteiger charge is 2.24. The third kappa shape index (κ3) is 3.56. The fourth-order valence-electron chi connectivity index (χ4n) is 2.53. The summed E-state index contributed by atoms with van der Waals surface area (Å²) in [5.74, 6) is 1.50. The van der Waals surface area contributed by atoms with E-state index in [1.54, 1.807) is 29.2 Å². The van der Waals surface area contributed by atoms with Crippen LogP contribution in [0.4, 0.5) is 4.39 Å². The van der Waals surface area contributed by atoms with Crippen LogP contribution in [0.15, 0.2) is 24.5 Å². The molecule has 0 saturated carbocycles. The van der Waals surface area contributed by atoms with Crippen LogP contribution in [0.3, 0.4) is 0 Å². The molecule has 0 unspecified atom stereocenters. The van der Waals surface area contributed by atoms with Crippen molar-refractivity contribution in [3.8, 4) is 11.5 Å². The summed E-state index contributed by atoms with van der Waals surface area (Å²) in [5, 5.41) is 4.85. The minimum atomic E-state index is -0.463. The van der Waals surface area contributed by atoms with Crippen LogP contribution in [0.1, 0.15) is 24.5 Å². The molecular weight excluding hydrogens is 309 g/mol. The average Bonchev–Trinajstić information content (AvgIpc) is 2.91. The molecule has 1 fully saturated rings. The SMILES string of the molecule is FCCn1cc(Oc2ccnc(Cl)c2)c(C2CCOCC2)n1. The van der Waals surface area contributed by atoms with Gasteiger partial charge in [0.15, 0.2) is 5.75 Å². The molecule has 0 atom stereocenters. The topological polar surface area (TPSA) is 49.2 Å². The molecule has 3 heterocycles. The molecule has 0 bridgehead atoms. The third-order valence-electron chi connectivity index (χ3n) is 3.60. The van der Waals surface area contributed by atoms with Gasteiger partial charge < -0.3 is 9.47 Å². The van der Waals surface area contributed by atoms with E-state index in [9.17, 15) is 4.39 Å². The van der Waals surface area contributed by atoms with Crippen LogP contribution in [0.25, 0.3) is 0 Å². The predicted octanol–water partition coefficient (Wildman–Crippen LogP) is 3.59. The summed E-state index contributed by atoms with van der Waals surface area (Å²) in [7, 11) is 0. The molecular formula is C15H17ClFN3O2. The molecule has 3 rings (SSSR count). The molecule has 0 N–H and O–H groups in total. The Kier molecular flexibility index (Phi) is 4.90. The Labute approximate surface area is 133 Å². The molecule has 0 spiro atoms. The number of halogens is 2. The highest BCUT2D eigenvalue weighted by molar-refractivity contribution is 6.29. The number of hydrogen-bond donors (Lipinski definition) is 0. The van der Waals surface area contributed by atoms with Crippen molar-refractivity contribution in [3.63, 3.8) is 0 Å². The number of pyridine rings is 1. The lowest BCUT2D eigenvalue weighted by Crippen LogP contribution is -2.15. The Morgan fingerprint density at radius 2 is 2.23 bits per heavy atom. The van der Waals surface area contributed by atoms with E-state index in [4.69, 9.17) is 21.1 Å². The first kappa shape index (κ1) is 15.2. The second kappa shape index (κ2) is 7.07. The van der Waals surface area contributed by atoms with E-state index in [-0.39, 0.29) is 12.5 Å². The van der Waals surface area contributed by atoms with Crippen LogP contribution in [-0.4, -0.2) is 34.7 Å². The Morgan fingerprint density at radius 1 is 1.41 bits per heavy atom. The number of hydrogen-bond acceptors (Lipinski definition) is 4. The van der Waals surface area contributed by atoms with Crippen LogP contribution in [0, 0.1) is 0 Å². The van der Waals surface area contributed by atoms with Crippen molar-refractivity contribution >= 4 is 11.6 Å². The smallest absolute Gasteiger partial charge is 0.168 e. The quantitative estimate of drug-likeness (QED) is 0.788. The lowest BCUT2D eigenvalue weighted by Gasteiger charge is -2.21. The molecule has 0 aromatic carbocycles. The molecule has 118 valence electrons. The number of ether oxygens (including phenoxy) is 2. The van der Waals surface area contributed by atoms with Gasteiger partial charge in [-0.3, -0.25) is 4.68 Å². The first-order valence-electron chi connectivity index (χ1n) is 7.26. The van der Waals surface area contributed by atoms with E-state index >= 15 is 0 Å². The largest absolute Gasteiger partial charge is 0.454 e. The van der Waals surface area contributed by atoms with Gasteiger partial charge in [0, 0.05) is 31.4 Å². The van der Waals surface area contributed by atoms with Crippen molar-refractivity contribution in [2.45, 2.75) is 25.3 Å². The Hall–Kier alpha value is -1.66. The number of nitrogens with zero attached hydrogens (tertiary/aromatic N) is 3. The summed E-state index contributed by atoms with van der Waals surface area (Å²) in [6, 6.07) is 3.37. The highest BCUT2D eigenvalue weighted by Crippen LogP contribution is 2.35. The van der Waals surface area contributed by atoms with Gasteiger partial charge in [-0.2, -0.15) is 5.10 Å². The van der Waals surface area contributed by atoms with Crippen LogP contribution in [0.2, 0.25) is 5.15 Å². The van der Waals surface area contributed by atoms with Crippen molar-refractivity contribution < 1.29 is 13.9 Å². The first-order chi connectivity index (χ1) is 10.8.